The van der Waals surface area contributed by atoms with Crippen molar-refractivity contribution in [3.63, 3.8) is 0 Å². The molecule has 0 aliphatic carbocycles. The topological polar surface area (TPSA) is 210 Å². The molecule has 0 aromatic carbocycles. The summed E-state index contributed by atoms with van der Waals surface area (Å²) in [6.07, 6.45) is 1.22. The summed E-state index contributed by atoms with van der Waals surface area (Å²) in [5.74, 6) is -8.91. The van der Waals surface area contributed by atoms with E-state index in [9.17, 15) is 49.5 Å². The van der Waals surface area contributed by atoms with Gasteiger partial charge in [0.25, 0.3) is 0 Å². The van der Waals surface area contributed by atoms with Gasteiger partial charge in [-0.15, -0.1) is 0 Å². The van der Waals surface area contributed by atoms with Crippen molar-refractivity contribution in [3.05, 3.63) is 0 Å². The normalized spacial score (nSPS) is 15.3. The third-order valence-electron chi connectivity index (χ3n) is 7.47. The molecule has 3 unspecified atom stereocenters. The SMILES string of the molecule is CC[C@H](C)C(C(=O)[O-])N(CCN(CC(=O)[O-])C(C(=O)[O-])[C@@H](C)CC)CCN(CC(=O)[O-])C(C(=O)[O-])[C@@H](C)CC.[Gd+3].[Na+].[Na+]. The fourth-order valence-electron chi connectivity index (χ4n) is 4.76. The molecule has 0 fully saturated rings. The molecule has 16 heteroatoms. The molecule has 0 saturated carbocycles. The van der Waals surface area contributed by atoms with Crippen molar-refractivity contribution in [3.8, 4) is 0 Å². The van der Waals surface area contributed by atoms with E-state index in [0.29, 0.717) is 19.3 Å². The Balaban J connectivity index is -0.00000241. The minimum atomic E-state index is -1.53. The minimum absolute atomic E-state index is 0. The Bertz CT molecular complexity index is 790. The van der Waals surface area contributed by atoms with Crippen LogP contribution in [0.5, 0.6) is 0 Å². The Hall–Kier alpha value is 0.555. The minimum Gasteiger partial charge on any atom is -0.549 e. The van der Waals surface area contributed by atoms with E-state index in [4.69, 9.17) is 0 Å². The third kappa shape index (κ3) is 17.3. The van der Waals surface area contributed by atoms with E-state index in [2.05, 4.69) is 0 Å². The van der Waals surface area contributed by atoms with Crippen LogP contribution in [0.2, 0.25) is 0 Å². The number of aliphatic carboxylic acids is 5. The molecule has 0 bridgehead atoms. The molecular formula is C26H42GdN3Na2O10. The summed E-state index contributed by atoms with van der Waals surface area (Å²) >= 11 is 0. The van der Waals surface area contributed by atoms with Gasteiger partial charge >= 0.3 is 99.1 Å². The van der Waals surface area contributed by atoms with E-state index in [1.54, 1.807) is 41.5 Å². The van der Waals surface area contributed by atoms with Gasteiger partial charge in [0, 0.05) is 39.3 Å². The van der Waals surface area contributed by atoms with Crippen molar-refractivity contribution in [2.24, 2.45) is 17.8 Å². The fourth-order valence-corrected chi connectivity index (χ4v) is 4.76. The van der Waals surface area contributed by atoms with Gasteiger partial charge in [-0.05, 0) is 17.8 Å². The Morgan fingerprint density at radius 2 is 0.714 bits per heavy atom. The fraction of sp³-hybridized carbons (Fsp3) is 0.808. The van der Waals surface area contributed by atoms with E-state index in [1.165, 1.54) is 4.90 Å². The van der Waals surface area contributed by atoms with Crippen LogP contribution < -0.4 is 84.6 Å². The molecule has 0 aromatic rings. The van der Waals surface area contributed by atoms with Crippen molar-refractivity contribution in [2.45, 2.75) is 78.9 Å². The van der Waals surface area contributed by atoms with Crippen LogP contribution in [-0.2, 0) is 24.0 Å². The average Bonchev–Trinajstić information content (AvgIpc) is 2.83. The molecule has 1 radical (unpaired) electrons. The van der Waals surface area contributed by atoms with Crippen LogP contribution >= 0.6 is 0 Å². The maximum atomic E-state index is 12.2. The zero-order valence-electron chi connectivity index (χ0n) is 26.1. The van der Waals surface area contributed by atoms with Crippen molar-refractivity contribution < 1.29 is 149 Å². The summed E-state index contributed by atoms with van der Waals surface area (Å²) in [5.41, 5.74) is 0. The van der Waals surface area contributed by atoms with E-state index < -0.39 is 78.8 Å². The maximum absolute atomic E-state index is 12.2. The zero-order chi connectivity index (χ0) is 30.4. The number of hydrogen-bond acceptors (Lipinski definition) is 13. The first kappa shape index (κ1) is 49.4. The van der Waals surface area contributed by atoms with Crippen molar-refractivity contribution in [2.75, 3.05) is 39.3 Å². The van der Waals surface area contributed by atoms with Crippen LogP contribution in [0.25, 0.3) is 0 Å². The first-order chi connectivity index (χ1) is 18.1. The molecule has 0 saturated heterocycles. The van der Waals surface area contributed by atoms with E-state index in [0.717, 1.165) is 9.80 Å². The van der Waals surface area contributed by atoms with E-state index in [1.807, 2.05) is 0 Å². The summed E-state index contributed by atoms with van der Waals surface area (Å²) in [6.45, 7) is 7.95. The van der Waals surface area contributed by atoms with Crippen molar-refractivity contribution in [1.82, 2.24) is 14.7 Å². The first-order valence-corrected chi connectivity index (χ1v) is 13.4. The first-order valence-electron chi connectivity index (χ1n) is 13.4. The van der Waals surface area contributed by atoms with Gasteiger partial charge in [-0.1, -0.05) is 60.8 Å². The van der Waals surface area contributed by atoms with Crippen LogP contribution in [-0.4, -0.2) is 102 Å². The number of rotatable bonds is 22. The second-order valence-corrected chi connectivity index (χ2v) is 10.2. The summed E-state index contributed by atoms with van der Waals surface area (Å²) in [6, 6.07) is -3.79. The summed E-state index contributed by atoms with van der Waals surface area (Å²) in [7, 11) is 0. The molecule has 0 heterocycles. The van der Waals surface area contributed by atoms with Gasteiger partial charge in [0.15, 0.2) is 0 Å². The largest absolute Gasteiger partial charge is 3.00 e. The smallest absolute Gasteiger partial charge is 0.549 e. The Morgan fingerprint density at radius 3 is 0.905 bits per heavy atom. The average molecular weight is 760 g/mol. The van der Waals surface area contributed by atoms with E-state index in [-0.39, 0.29) is 125 Å². The molecule has 13 nitrogen and oxygen atoms in total. The van der Waals surface area contributed by atoms with Crippen molar-refractivity contribution in [1.29, 1.82) is 0 Å². The van der Waals surface area contributed by atoms with Crippen LogP contribution in [0.4, 0.5) is 0 Å². The molecule has 0 amide bonds. The predicted octanol–water partition coefficient (Wildman–Crippen LogP) is -11.1. The molecule has 42 heavy (non-hydrogen) atoms. The number of carbonyl (C=O) groups is 5. The number of carboxylic acids is 5. The van der Waals surface area contributed by atoms with Gasteiger partial charge in [0.2, 0.25) is 0 Å². The van der Waals surface area contributed by atoms with Gasteiger partial charge in [-0.2, -0.15) is 0 Å². The molecule has 0 rings (SSSR count). The second-order valence-electron chi connectivity index (χ2n) is 10.2. The van der Waals surface area contributed by atoms with Crippen LogP contribution in [0, 0.1) is 57.7 Å². The van der Waals surface area contributed by atoms with Gasteiger partial charge in [-0.25, -0.2) is 0 Å². The molecule has 231 valence electrons. The van der Waals surface area contributed by atoms with Gasteiger partial charge in [-0.3, -0.25) is 14.7 Å². The molecule has 0 aliphatic heterocycles. The molecule has 0 aromatic heterocycles. The summed E-state index contributed by atoms with van der Waals surface area (Å²) < 4.78 is 0. The number of hydrogen-bond donors (Lipinski definition) is 0. The van der Waals surface area contributed by atoms with Gasteiger partial charge < -0.3 is 49.5 Å². The second kappa shape index (κ2) is 25.7. The molecular weight excluding hydrogens is 718 g/mol. The molecule has 0 aliphatic rings. The predicted molar refractivity (Wildman–Crippen MR) is 129 cm³/mol. The number of carbonyl (C=O) groups excluding carboxylic acids is 5. The Labute approximate surface area is 325 Å². The number of carboxylic acid groups (broad SMARTS) is 5. The van der Waals surface area contributed by atoms with Crippen molar-refractivity contribution >= 4 is 29.8 Å². The zero-order valence-corrected chi connectivity index (χ0v) is 32.4. The van der Waals surface area contributed by atoms with E-state index >= 15 is 0 Å². The van der Waals surface area contributed by atoms with Crippen LogP contribution in [0.3, 0.4) is 0 Å². The Kier molecular flexibility index (Phi) is 30.3. The monoisotopic (exact) mass is 760 g/mol. The quantitative estimate of drug-likeness (QED) is 0.0941. The van der Waals surface area contributed by atoms with Gasteiger partial charge in [0.1, 0.15) is 0 Å². The van der Waals surface area contributed by atoms with Gasteiger partial charge in [0.05, 0.1) is 48.0 Å². The summed E-state index contributed by atoms with van der Waals surface area (Å²) in [5, 5.41) is 58.8. The van der Waals surface area contributed by atoms with Crippen LogP contribution in [0.15, 0.2) is 0 Å². The number of nitrogens with zero attached hydrogens (tertiary/aromatic N) is 3. The standard InChI is InChI=1S/C26H47N3O10.Gd.2Na/c1-7-16(4)21(24(34)35)27(10-12-28(14-19(30)31)22(25(36)37)17(5)8-2)11-13-29(15-20(32)33)23(26(38)39)18(6)9-3;;;/h16-18,21-23H,7-15H2,1-6H3,(H,30,31)(H,32,33)(H,34,35)(H,36,37)(H,38,39);;;/q;+3;2*+1/p-5/t16-,17-,18-,21?,22?,23?;;;/m0.../s1. The maximum Gasteiger partial charge on any atom is 3.00 e. The van der Waals surface area contributed by atoms with Crippen LogP contribution in [0.1, 0.15) is 60.8 Å². The summed E-state index contributed by atoms with van der Waals surface area (Å²) in [4.78, 5) is 62.5. The third-order valence-corrected chi connectivity index (χ3v) is 7.47. The Morgan fingerprint density at radius 1 is 0.500 bits per heavy atom. The molecule has 0 N–H and O–H groups in total. The molecule has 6 atom stereocenters. The molecule has 0 spiro atoms.